The average Bonchev–Trinajstić information content (AvgIpc) is 2.38. The maximum Gasteiger partial charge on any atom is 0.150 e. The molecule has 1 aromatic heterocycles. The number of aryl methyl sites for hydroxylation is 2. The van der Waals surface area contributed by atoms with Gasteiger partial charge in [0, 0.05) is 11.8 Å². The molecule has 1 unspecified atom stereocenters. The predicted molar refractivity (Wildman–Crippen MR) is 76.9 cm³/mol. The molecule has 1 heterocycles. The Hall–Kier alpha value is -1.01. The maximum atomic E-state index is 11.5. The highest BCUT2D eigenvalue weighted by atomic mass is 32.2. The van der Waals surface area contributed by atoms with Gasteiger partial charge in [0.15, 0.2) is 0 Å². The fourth-order valence-electron chi connectivity index (χ4n) is 2.03. The molecule has 6 heteroatoms. The summed E-state index contributed by atoms with van der Waals surface area (Å²) in [4.78, 5) is 0. The van der Waals surface area contributed by atoms with Crippen molar-refractivity contribution in [3.8, 4) is 0 Å². The van der Waals surface area contributed by atoms with Crippen LogP contribution in [0, 0.1) is 13.8 Å². The molecular weight excluding hydrogens is 262 g/mol. The van der Waals surface area contributed by atoms with Crippen LogP contribution in [0.4, 0.5) is 0 Å². The molecule has 0 aliphatic carbocycles. The lowest BCUT2D eigenvalue weighted by Crippen LogP contribution is -2.20. The first kappa shape index (κ1) is 16.0. The van der Waals surface area contributed by atoms with Gasteiger partial charge in [-0.2, -0.15) is 10.2 Å². The minimum Gasteiger partial charge on any atom is -0.313 e. The summed E-state index contributed by atoms with van der Waals surface area (Å²) in [5.41, 5.74) is 2.87. The van der Waals surface area contributed by atoms with E-state index in [4.69, 9.17) is 0 Å². The van der Waals surface area contributed by atoms with E-state index in [0.29, 0.717) is 6.42 Å². The lowest BCUT2D eigenvalue weighted by atomic mass is 10.0. The highest BCUT2D eigenvalue weighted by Gasteiger charge is 2.15. The zero-order valence-electron chi connectivity index (χ0n) is 12.1. The summed E-state index contributed by atoms with van der Waals surface area (Å²) >= 11 is 0. The Morgan fingerprint density at radius 2 is 2.00 bits per heavy atom. The predicted octanol–water partition coefficient (Wildman–Crippen LogP) is 1.57. The van der Waals surface area contributed by atoms with E-state index in [0.717, 1.165) is 23.4 Å². The lowest BCUT2D eigenvalue weighted by molar-refractivity contribution is 0.529. The van der Waals surface area contributed by atoms with Crippen molar-refractivity contribution in [1.29, 1.82) is 0 Å². The topological polar surface area (TPSA) is 72.0 Å². The molecule has 0 amide bonds. The molecule has 19 heavy (non-hydrogen) atoms. The Bertz CT molecular complexity index is 515. The summed E-state index contributed by atoms with van der Waals surface area (Å²) < 4.78 is 23.0. The van der Waals surface area contributed by atoms with Crippen LogP contribution in [0.3, 0.4) is 0 Å². The number of rotatable bonds is 7. The Labute approximate surface area is 115 Å². The van der Waals surface area contributed by atoms with Crippen LogP contribution in [0.1, 0.15) is 42.8 Å². The molecule has 5 nitrogen and oxygen atoms in total. The molecule has 0 aliphatic rings. The highest BCUT2D eigenvalue weighted by Crippen LogP contribution is 2.21. The molecule has 0 radical (unpaired) electrons. The normalized spacial score (nSPS) is 13.5. The van der Waals surface area contributed by atoms with E-state index < -0.39 is 9.84 Å². The number of sulfone groups is 1. The van der Waals surface area contributed by atoms with E-state index in [-0.39, 0.29) is 17.5 Å². The van der Waals surface area contributed by atoms with Crippen LogP contribution in [0.25, 0.3) is 0 Å². The zero-order chi connectivity index (χ0) is 14.5. The summed E-state index contributed by atoms with van der Waals surface area (Å²) in [5.74, 6) is 0.463. The van der Waals surface area contributed by atoms with Gasteiger partial charge in [-0.25, -0.2) is 8.42 Å². The summed E-state index contributed by atoms with van der Waals surface area (Å²) in [6.45, 7) is 5.52. The minimum atomic E-state index is -2.88. The molecular formula is C13H23N3O2S. The van der Waals surface area contributed by atoms with Crippen molar-refractivity contribution in [3.63, 3.8) is 0 Å². The van der Waals surface area contributed by atoms with Crippen molar-refractivity contribution in [2.24, 2.45) is 0 Å². The van der Waals surface area contributed by atoms with Gasteiger partial charge in [0.05, 0.1) is 17.1 Å². The SMILES string of the molecule is CCS(=O)(=O)CCCC(NC)c1cc(C)nnc1C. The van der Waals surface area contributed by atoms with Crippen LogP contribution in [0.5, 0.6) is 0 Å². The van der Waals surface area contributed by atoms with E-state index >= 15 is 0 Å². The monoisotopic (exact) mass is 285 g/mol. The van der Waals surface area contributed by atoms with Crippen LogP contribution in [0.15, 0.2) is 6.07 Å². The van der Waals surface area contributed by atoms with Crippen molar-refractivity contribution >= 4 is 9.84 Å². The maximum absolute atomic E-state index is 11.5. The van der Waals surface area contributed by atoms with Gasteiger partial charge in [-0.1, -0.05) is 6.92 Å². The number of aromatic nitrogens is 2. The quantitative estimate of drug-likeness (QED) is 0.823. The molecule has 0 saturated heterocycles. The van der Waals surface area contributed by atoms with Crippen molar-refractivity contribution in [3.05, 3.63) is 23.0 Å². The molecule has 1 atom stereocenters. The van der Waals surface area contributed by atoms with Crippen LogP contribution in [0.2, 0.25) is 0 Å². The first-order chi connectivity index (χ1) is 8.89. The second kappa shape index (κ2) is 6.96. The van der Waals surface area contributed by atoms with Crippen LogP contribution < -0.4 is 5.32 Å². The molecule has 0 aliphatic heterocycles. The summed E-state index contributed by atoms with van der Waals surface area (Å²) in [7, 11) is -0.996. The molecule has 0 bridgehead atoms. The largest absolute Gasteiger partial charge is 0.313 e. The second-order valence-electron chi connectivity index (χ2n) is 4.75. The average molecular weight is 285 g/mol. The number of nitrogens with zero attached hydrogens (tertiary/aromatic N) is 2. The van der Waals surface area contributed by atoms with Gasteiger partial charge in [0.1, 0.15) is 9.84 Å². The molecule has 108 valence electrons. The standard InChI is InChI=1S/C13H23N3O2S/c1-5-19(17,18)8-6-7-13(14-4)12-9-10(2)15-16-11(12)3/h9,13-14H,5-8H2,1-4H3. The second-order valence-corrected chi connectivity index (χ2v) is 7.22. The summed E-state index contributed by atoms with van der Waals surface area (Å²) in [5, 5.41) is 11.4. The van der Waals surface area contributed by atoms with Crippen molar-refractivity contribution in [2.45, 2.75) is 39.7 Å². The molecule has 0 fully saturated rings. The smallest absolute Gasteiger partial charge is 0.150 e. The van der Waals surface area contributed by atoms with Gasteiger partial charge < -0.3 is 5.32 Å². The highest BCUT2D eigenvalue weighted by molar-refractivity contribution is 7.91. The molecule has 1 N–H and O–H groups in total. The van der Waals surface area contributed by atoms with Gasteiger partial charge in [-0.15, -0.1) is 0 Å². The Morgan fingerprint density at radius 3 is 2.58 bits per heavy atom. The van der Waals surface area contributed by atoms with Crippen LogP contribution >= 0.6 is 0 Å². The molecule has 0 aromatic carbocycles. The number of hydrogen-bond acceptors (Lipinski definition) is 5. The van der Waals surface area contributed by atoms with Crippen molar-refractivity contribution < 1.29 is 8.42 Å². The minimum absolute atomic E-state index is 0.126. The molecule has 1 aromatic rings. The summed E-state index contributed by atoms with van der Waals surface area (Å²) in [6, 6.07) is 2.14. The third kappa shape index (κ3) is 4.87. The zero-order valence-corrected chi connectivity index (χ0v) is 12.9. The number of hydrogen-bond donors (Lipinski definition) is 1. The molecule has 0 saturated carbocycles. The molecule has 0 spiro atoms. The Balaban J connectivity index is 2.71. The first-order valence-corrected chi connectivity index (χ1v) is 8.40. The third-order valence-electron chi connectivity index (χ3n) is 3.25. The first-order valence-electron chi connectivity index (χ1n) is 6.58. The van der Waals surface area contributed by atoms with E-state index in [1.165, 1.54) is 0 Å². The van der Waals surface area contributed by atoms with E-state index in [9.17, 15) is 8.42 Å². The molecule has 1 rings (SSSR count). The fourth-order valence-corrected chi connectivity index (χ4v) is 2.92. The van der Waals surface area contributed by atoms with Gasteiger partial charge in [-0.3, -0.25) is 0 Å². The van der Waals surface area contributed by atoms with Gasteiger partial charge in [-0.05, 0) is 45.4 Å². The number of nitrogens with one attached hydrogen (secondary N) is 1. The van der Waals surface area contributed by atoms with E-state index in [2.05, 4.69) is 15.5 Å². The third-order valence-corrected chi connectivity index (χ3v) is 5.04. The Morgan fingerprint density at radius 1 is 1.32 bits per heavy atom. The van der Waals surface area contributed by atoms with Crippen LogP contribution in [-0.2, 0) is 9.84 Å². The van der Waals surface area contributed by atoms with E-state index in [1.54, 1.807) is 6.92 Å². The van der Waals surface area contributed by atoms with E-state index in [1.807, 2.05) is 27.0 Å². The van der Waals surface area contributed by atoms with Gasteiger partial charge >= 0.3 is 0 Å². The van der Waals surface area contributed by atoms with Crippen LogP contribution in [-0.4, -0.2) is 37.2 Å². The van der Waals surface area contributed by atoms with Gasteiger partial charge in [0.25, 0.3) is 0 Å². The van der Waals surface area contributed by atoms with Gasteiger partial charge in [0.2, 0.25) is 0 Å². The fraction of sp³-hybridized carbons (Fsp3) is 0.692. The summed E-state index contributed by atoms with van der Waals surface area (Å²) in [6.07, 6.45) is 1.43. The van der Waals surface area contributed by atoms with Crippen molar-refractivity contribution in [1.82, 2.24) is 15.5 Å². The van der Waals surface area contributed by atoms with Crippen molar-refractivity contribution in [2.75, 3.05) is 18.6 Å². The Kier molecular flexibility index (Phi) is 5.87. The lowest BCUT2D eigenvalue weighted by Gasteiger charge is -2.18.